The lowest BCUT2D eigenvalue weighted by atomic mass is 9.84. The molecule has 1 heterocycles. The Kier molecular flexibility index (Phi) is 4.63. The summed E-state index contributed by atoms with van der Waals surface area (Å²) >= 11 is 0. The Morgan fingerprint density at radius 3 is 1.65 bits per heavy atom. The minimum Gasteiger partial charge on any atom is -0.456 e. The SMILES string of the molecule is [2H]c1c([2H])c(-c2c3ccccc3c(-c3ccc(-c4ccccc4)cc3)c3ccccc23)c2c(oc3ccc4ccccc4c32)c1[2H]. The molecule has 9 aromatic rings. The third-order valence-corrected chi connectivity index (χ3v) is 8.66. The summed E-state index contributed by atoms with van der Waals surface area (Å²) in [5, 5.41) is 7.76. The maximum absolute atomic E-state index is 9.40. The maximum atomic E-state index is 9.40. The van der Waals surface area contributed by atoms with Gasteiger partial charge in [0.25, 0.3) is 0 Å². The van der Waals surface area contributed by atoms with E-state index >= 15 is 0 Å². The average molecular weight is 550 g/mol. The van der Waals surface area contributed by atoms with Gasteiger partial charge in [-0.25, -0.2) is 0 Å². The van der Waals surface area contributed by atoms with Crippen LogP contribution in [0.5, 0.6) is 0 Å². The minimum absolute atomic E-state index is 0.0309. The molecular weight excluding hydrogens is 520 g/mol. The highest BCUT2D eigenvalue weighted by molar-refractivity contribution is 6.28. The highest BCUT2D eigenvalue weighted by Gasteiger charge is 2.21. The Bertz CT molecular complexity index is 2600. The third kappa shape index (κ3) is 3.65. The quantitative estimate of drug-likeness (QED) is 0.200. The van der Waals surface area contributed by atoms with Crippen LogP contribution in [0.4, 0.5) is 0 Å². The molecule has 0 N–H and O–H groups in total. The van der Waals surface area contributed by atoms with Gasteiger partial charge in [0, 0.05) is 10.8 Å². The van der Waals surface area contributed by atoms with Crippen molar-refractivity contribution < 1.29 is 8.53 Å². The van der Waals surface area contributed by atoms with Crippen LogP contribution in [0.2, 0.25) is 0 Å². The first-order valence-corrected chi connectivity index (χ1v) is 14.5. The van der Waals surface area contributed by atoms with Crippen molar-refractivity contribution in [2.75, 3.05) is 0 Å². The molecule has 8 aromatic carbocycles. The van der Waals surface area contributed by atoms with Gasteiger partial charge < -0.3 is 4.42 Å². The van der Waals surface area contributed by atoms with Gasteiger partial charge in [0.05, 0.1) is 4.11 Å². The van der Waals surface area contributed by atoms with Crippen LogP contribution < -0.4 is 0 Å². The molecule has 43 heavy (non-hydrogen) atoms. The number of hydrogen-bond acceptors (Lipinski definition) is 1. The molecule has 0 saturated carbocycles. The molecule has 0 saturated heterocycles. The Labute approximate surface area is 253 Å². The largest absolute Gasteiger partial charge is 0.456 e. The van der Waals surface area contributed by atoms with E-state index < -0.39 is 0 Å². The fourth-order valence-electron chi connectivity index (χ4n) is 6.76. The molecule has 9 rings (SSSR count). The lowest BCUT2D eigenvalue weighted by Gasteiger charge is -2.18. The zero-order chi connectivity index (χ0) is 30.9. The number of fused-ring (bicyclic) bond motifs is 7. The molecule has 0 aliphatic rings. The van der Waals surface area contributed by atoms with E-state index in [0.29, 0.717) is 22.1 Å². The smallest absolute Gasteiger partial charge is 0.136 e. The molecule has 1 heteroatoms. The molecule has 0 aliphatic carbocycles. The summed E-state index contributed by atoms with van der Waals surface area (Å²) in [6.07, 6.45) is 0. The lowest BCUT2D eigenvalue weighted by Crippen LogP contribution is -1.91. The highest BCUT2D eigenvalue weighted by Crippen LogP contribution is 2.47. The van der Waals surface area contributed by atoms with Gasteiger partial charge in [-0.1, -0.05) is 146 Å². The Balaban J connectivity index is 1.43. The average Bonchev–Trinajstić information content (AvgIpc) is 3.51. The van der Waals surface area contributed by atoms with Gasteiger partial charge in [0.2, 0.25) is 0 Å². The fraction of sp³-hybridized carbons (Fsp3) is 0. The van der Waals surface area contributed by atoms with Crippen LogP contribution in [0.3, 0.4) is 0 Å². The van der Waals surface area contributed by atoms with E-state index in [9.17, 15) is 1.37 Å². The second kappa shape index (κ2) is 9.44. The molecule has 0 fully saturated rings. The molecule has 0 amide bonds. The van der Waals surface area contributed by atoms with Crippen LogP contribution in [0.25, 0.3) is 87.6 Å². The number of rotatable bonds is 3. The Hall–Kier alpha value is -5.66. The standard InChI is InChI=1S/C42H26O/c1-2-11-27(12-3-1)28-21-23-30(24-22-28)39-32-15-6-8-17-34(32)40(35-18-9-7-16-33(35)39)36-19-10-20-37-42(36)41-31-14-5-4-13-29(31)25-26-38(41)43-37/h1-26H/i10D,19D,20D. The van der Waals surface area contributed by atoms with Crippen LogP contribution in [-0.4, -0.2) is 0 Å². The number of furan rings is 1. The normalized spacial score (nSPS) is 12.7. The molecule has 0 radical (unpaired) electrons. The number of benzene rings is 8. The highest BCUT2D eigenvalue weighted by atomic mass is 16.3. The first-order chi connectivity index (χ1) is 22.6. The summed E-state index contributed by atoms with van der Waals surface area (Å²) < 4.78 is 33.5. The van der Waals surface area contributed by atoms with Crippen LogP contribution in [0, 0.1) is 0 Å². The lowest BCUT2D eigenvalue weighted by molar-refractivity contribution is 0.669. The van der Waals surface area contributed by atoms with Crippen molar-refractivity contribution in [3.05, 3.63) is 158 Å². The zero-order valence-corrected chi connectivity index (χ0v) is 23.2. The minimum atomic E-state index is -0.139. The van der Waals surface area contributed by atoms with E-state index in [4.69, 9.17) is 7.16 Å². The van der Waals surface area contributed by atoms with Gasteiger partial charge in [0.1, 0.15) is 11.2 Å². The second-order valence-electron chi connectivity index (χ2n) is 11.0. The monoisotopic (exact) mass is 549 g/mol. The summed E-state index contributed by atoms with van der Waals surface area (Å²) in [7, 11) is 0. The molecule has 0 aliphatic heterocycles. The van der Waals surface area contributed by atoms with Crippen LogP contribution >= 0.6 is 0 Å². The summed E-state index contributed by atoms with van der Waals surface area (Å²) in [6, 6.07) is 47.8. The van der Waals surface area contributed by atoms with Crippen LogP contribution in [0.1, 0.15) is 4.11 Å². The van der Waals surface area contributed by atoms with E-state index in [1.54, 1.807) is 0 Å². The van der Waals surface area contributed by atoms with Crippen molar-refractivity contribution >= 4 is 54.3 Å². The van der Waals surface area contributed by atoms with E-state index in [1.165, 1.54) is 5.56 Å². The predicted molar refractivity (Wildman–Crippen MR) is 183 cm³/mol. The molecule has 200 valence electrons. The first-order valence-electron chi connectivity index (χ1n) is 16.0. The van der Waals surface area contributed by atoms with Gasteiger partial charge in [-0.3, -0.25) is 0 Å². The summed E-state index contributed by atoms with van der Waals surface area (Å²) in [5.41, 5.74) is 7.08. The van der Waals surface area contributed by atoms with Crippen molar-refractivity contribution in [2.45, 2.75) is 0 Å². The maximum Gasteiger partial charge on any atom is 0.136 e. The van der Waals surface area contributed by atoms with Gasteiger partial charge in [-0.15, -0.1) is 0 Å². The van der Waals surface area contributed by atoms with Gasteiger partial charge >= 0.3 is 0 Å². The van der Waals surface area contributed by atoms with Crippen LogP contribution in [-0.2, 0) is 0 Å². The fourth-order valence-corrected chi connectivity index (χ4v) is 6.76. The van der Waals surface area contributed by atoms with Gasteiger partial charge in [0.15, 0.2) is 0 Å². The Morgan fingerprint density at radius 2 is 0.953 bits per heavy atom. The predicted octanol–water partition coefficient (Wildman–Crippen LogP) is 12.0. The Morgan fingerprint density at radius 1 is 0.395 bits per heavy atom. The topological polar surface area (TPSA) is 13.1 Å². The summed E-state index contributed by atoms with van der Waals surface area (Å²) in [4.78, 5) is 0. The molecule has 0 atom stereocenters. The van der Waals surface area contributed by atoms with Gasteiger partial charge in [-0.2, -0.15) is 0 Å². The van der Waals surface area contributed by atoms with Crippen molar-refractivity contribution in [3.63, 3.8) is 0 Å². The molecule has 0 bridgehead atoms. The first kappa shape index (κ1) is 21.1. The third-order valence-electron chi connectivity index (χ3n) is 8.66. The van der Waals surface area contributed by atoms with Gasteiger partial charge in [-0.05, 0) is 77.8 Å². The zero-order valence-electron chi connectivity index (χ0n) is 26.2. The van der Waals surface area contributed by atoms with E-state index in [-0.39, 0.29) is 18.1 Å². The van der Waals surface area contributed by atoms with Crippen molar-refractivity contribution in [1.29, 1.82) is 0 Å². The van der Waals surface area contributed by atoms with E-state index in [2.05, 4.69) is 97.1 Å². The van der Waals surface area contributed by atoms with Crippen molar-refractivity contribution in [2.24, 2.45) is 0 Å². The van der Waals surface area contributed by atoms with Crippen molar-refractivity contribution in [1.82, 2.24) is 0 Å². The van der Waals surface area contributed by atoms with E-state index in [1.807, 2.05) is 42.5 Å². The second-order valence-corrected chi connectivity index (χ2v) is 11.0. The molecule has 1 aromatic heterocycles. The van der Waals surface area contributed by atoms with E-state index in [0.717, 1.165) is 60.0 Å². The molecule has 1 nitrogen and oxygen atoms in total. The van der Waals surface area contributed by atoms with Crippen molar-refractivity contribution in [3.8, 4) is 33.4 Å². The molecule has 0 unspecified atom stereocenters. The summed E-state index contributed by atoms with van der Waals surface area (Å²) in [6.45, 7) is 0. The summed E-state index contributed by atoms with van der Waals surface area (Å²) in [5.74, 6) is 0. The van der Waals surface area contributed by atoms with Crippen LogP contribution in [0.15, 0.2) is 162 Å². The number of hydrogen-bond donors (Lipinski definition) is 0. The molecular formula is C42H26O. The molecule has 0 spiro atoms.